The summed E-state index contributed by atoms with van der Waals surface area (Å²) in [5.74, 6) is 0.483. The third-order valence-electron chi connectivity index (χ3n) is 3.74. The molecule has 0 spiro atoms. The van der Waals surface area contributed by atoms with Crippen LogP contribution in [0.4, 0.5) is 11.4 Å². The average Bonchev–Trinajstić information content (AvgIpc) is 2.64. The summed E-state index contributed by atoms with van der Waals surface area (Å²) in [6.07, 6.45) is -0.362. The van der Waals surface area contributed by atoms with Crippen molar-refractivity contribution in [3.63, 3.8) is 0 Å². The Bertz CT molecular complexity index is 854. The number of nitrogens with one attached hydrogen (secondary N) is 2. The highest BCUT2D eigenvalue weighted by Crippen LogP contribution is 2.31. The molecule has 0 unspecified atom stereocenters. The van der Waals surface area contributed by atoms with E-state index >= 15 is 0 Å². The summed E-state index contributed by atoms with van der Waals surface area (Å²) in [7, 11) is 4.49. The van der Waals surface area contributed by atoms with E-state index in [9.17, 15) is 9.59 Å². The Morgan fingerprint density at radius 3 is 2.15 bits per heavy atom. The van der Waals surface area contributed by atoms with Crippen molar-refractivity contribution in [3.8, 4) is 17.2 Å². The molecular weight excluding hydrogens is 372 g/mol. The molecule has 0 aliphatic carbocycles. The van der Waals surface area contributed by atoms with Crippen LogP contribution in [0.2, 0.25) is 5.02 Å². The standard InChI is InChI=1S/C19H21ClN2O5/c1-11-7-14(16(26-3)9-13(11)20)22-19(24)10-18(23)21-12-5-6-15(25-2)17(8-12)27-4/h5-9H,10H2,1-4H3,(H,21,23)(H,22,24). The van der Waals surface area contributed by atoms with E-state index in [1.54, 1.807) is 37.3 Å². The van der Waals surface area contributed by atoms with Crippen molar-refractivity contribution >= 4 is 34.8 Å². The zero-order valence-electron chi connectivity index (χ0n) is 15.5. The molecule has 0 atom stereocenters. The highest BCUT2D eigenvalue weighted by atomic mass is 35.5. The molecule has 2 N–H and O–H groups in total. The minimum atomic E-state index is -0.479. The first kappa shape index (κ1) is 20.4. The lowest BCUT2D eigenvalue weighted by atomic mass is 10.2. The van der Waals surface area contributed by atoms with Gasteiger partial charge in [0, 0.05) is 22.8 Å². The molecule has 0 fully saturated rings. The van der Waals surface area contributed by atoms with Crippen LogP contribution in [0.25, 0.3) is 0 Å². The highest BCUT2D eigenvalue weighted by molar-refractivity contribution is 6.31. The van der Waals surface area contributed by atoms with Gasteiger partial charge in [-0.05, 0) is 30.7 Å². The third kappa shape index (κ3) is 5.27. The lowest BCUT2D eigenvalue weighted by molar-refractivity contribution is -0.123. The molecule has 2 aromatic carbocycles. The van der Waals surface area contributed by atoms with Crippen LogP contribution in [0, 0.1) is 6.92 Å². The minimum Gasteiger partial charge on any atom is -0.495 e. The van der Waals surface area contributed by atoms with Crippen molar-refractivity contribution < 1.29 is 23.8 Å². The Kier molecular flexibility index (Phi) is 6.90. The van der Waals surface area contributed by atoms with Gasteiger partial charge in [-0.1, -0.05) is 11.6 Å². The van der Waals surface area contributed by atoms with Gasteiger partial charge >= 0.3 is 0 Å². The fourth-order valence-corrected chi connectivity index (χ4v) is 2.54. The molecule has 0 aliphatic rings. The molecule has 0 aliphatic heterocycles. The van der Waals surface area contributed by atoms with Gasteiger partial charge in [-0.15, -0.1) is 0 Å². The first-order chi connectivity index (χ1) is 12.9. The van der Waals surface area contributed by atoms with Crippen molar-refractivity contribution in [2.45, 2.75) is 13.3 Å². The summed E-state index contributed by atoms with van der Waals surface area (Å²) in [5, 5.41) is 5.83. The number of anilines is 2. The van der Waals surface area contributed by atoms with Crippen LogP contribution in [-0.2, 0) is 9.59 Å². The maximum atomic E-state index is 12.2. The summed E-state index contributed by atoms with van der Waals surface area (Å²) in [4.78, 5) is 24.3. The molecule has 2 amide bonds. The van der Waals surface area contributed by atoms with E-state index in [2.05, 4.69) is 10.6 Å². The first-order valence-electron chi connectivity index (χ1n) is 8.03. The van der Waals surface area contributed by atoms with E-state index < -0.39 is 11.8 Å². The van der Waals surface area contributed by atoms with E-state index in [0.717, 1.165) is 5.56 Å². The van der Waals surface area contributed by atoms with E-state index in [1.165, 1.54) is 21.3 Å². The SMILES string of the molecule is COc1cc(Cl)c(C)cc1NC(=O)CC(=O)Nc1ccc(OC)c(OC)c1. The maximum absolute atomic E-state index is 12.2. The van der Waals surface area contributed by atoms with Gasteiger partial charge in [0.25, 0.3) is 0 Å². The normalized spacial score (nSPS) is 10.1. The van der Waals surface area contributed by atoms with Crippen molar-refractivity contribution in [2.75, 3.05) is 32.0 Å². The second-order valence-electron chi connectivity index (χ2n) is 5.64. The molecule has 0 saturated heterocycles. The summed E-state index contributed by atoms with van der Waals surface area (Å²) >= 11 is 6.05. The minimum absolute atomic E-state index is 0.362. The topological polar surface area (TPSA) is 85.9 Å². The number of aryl methyl sites for hydroxylation is 1. The molecule has 0 radical (unpaired) electrons. The van der Waals surface area contributed by atoms with Crippen molar-refractivity contribution in [3.05, 3.63) is 40.9 Å². The summed E-state index contributed by atoms with van der Waals surface area (Å²) in [6.45, 7) is 1.81. The Morgan fingerprint density at radius 1 is 0.889 bits per heavy atom. The molecule has 0 heterocycles. The summed E-state index contributed by atoms with van der Waals surface area (Å²) < 4.78 is 15.5. The number of hydrogen-bond acceptors (Lipinski definition) is 5. The molecule has 8 heteroatoms. The Morgan fingerprint density at radius 2 is 1.52 bits per heavy atom. The first-order valence-corrected chi connectivity index (χ1v) is 8.41. The van der Waals surface area contributed by atoms with E-state index in [4.69, 9.17) is 25.8 Å². The van der Waals surface area contributed by atoms with Crippen LogP contribution in [0.15, 0.2) is 30.3 Å². The molecule has 0 saturated carbocycles. The molecule has 2 rings (SSSR count). The van der Waals surface area contributed by atoms with Crippen LogP contribution in [-0.4, -0.2) is 33.1 Å². The van der Waals surface area contributed by atoms with Gasteiger partial charge in [-0.3, -0.25) is 9.59 Å². The Hall–Kier alpha value is -2.93. The number of carbonyl (C=O) groups excluding carboxylic acids is 2. The third-order valence-corrected chi connectivity index (χ3v) is 4.15. The van der Waals surface area contributed by atoms with Gasteiger partial charge in [0.1, 0.15) is 12.2 Å². The van der Waals surface area contributed by atoms with Crippen molar-refractivity contribution in [1.82, 2.24) is 0 Å². The molecular formula is C19H21ClN2O5. The van der Waals surface area contributed by atoms with Gasteiger partial charge < -0.3 is 24.8 Å². The van der Waals surface area contributed by atoms with E-state index in [0.29, 0.717) is 33.6 Å². The van der Waals surface area contributed by atoms with Crippen LogP contribution in [0.3, 0.4) is 0 Å². The Labute approximate surface area is 162 Å². The number of methoxy groups -OCH3 is 3. The largest absolute Gasteiger partial charge is 0.495 e. The predicted octanol–water partition coefficient (Wildman–Crippen LogP) is 3.64. The van der Waals surface area contributed by atoms with Crippen LogP contribution in [0.1, 0.15) is 12.0 Å². The highest BCUT2D eigenvalue weighted by Gasteiger charge is 2.14. The van der Waals surface area contributed by atoms with Crippen LogP contribution >= 0.6 is 11.6 Å². The van der Waals surface area contributed by atoms with Gasteiger partial charge in [-0.2, -0.15) is 0 Å². The zero-order valence-corrected chi connectivity index (χ0v) is 16.3. The number of benzene rings is 2. The number of halogens is 1. The number of ether oxygens (including phenoxy) is 3. The number of amides is 2. The quantitative estimate of drug-likeness (QED) is 0.702. The van der Waals surface area contributed by atoms with Crippen molar-refractivity contribution in [1.29, 1.82) is 0 Å². The van der Waals surface area contributed by atoms with E-state index in [1.807, 2.05) is 0 Å². The number of carbonyl (C=O) groups is 2. The van der Waals surface area contributed by atoms with Crippen LogP contribution < -0.4 is 24.8 Å². The molecule has 7 nitrogen and oxygen atoms in total. The molecule has 0 bridgehead atoms. The number of hydrogen-bond donors (Lipinski definition) is 2. The molecule has 27 heavy (non-hydrogen) atoms. The monoisotopic (exact) mass is 392 g/mol. The van der Waals surface area contributed by atoms with Gasteiger partial charge in [0.15, 0.2) is 11.5 Å². The molecule has 144 valence electrons. The number of rotatable bonds is 7. The van der Waals surface area contributed by atoms with Gasteiger partial charge in [0.2, 0.25) is 11.8 Å². The fourth-order valence-electron chi connectivity index (χ4n) is 2.39. The lowest BCUT2D eigenvalue weighted by Gasteiger charge is -2.13. The molecule has 2 aromatic rings. The van der Waals surface area contributed by atoms with Crippen molar-refractivity contribution in [2.24, 2.45) is 0 Å². The van der Waals surface area contributed by atoms with Crippen LogP contribution in [0.5, 0.6) is 17.2 Å². The average molecular weight is 393 g/mol. The lowest BCUT2D eigenvalue weighted by Crippen LogP contribution is -2.21. The van der Waals surface area contributed by atoms with Gasteiger partial charge in [-0.25, -0.2) is 0 Å². The maximum Gasteiger partial charge on any atom is 0.233 e. The summed E-state index contributed by atoms with van der Waals surface area (Å²) in [6, 6.07) is 8.22. The smallest absolute Gasteiger partial charge is 0.233 e. The predicted molar refractivity (Wildman–Crippen MR) is 104 cm³/mol. The molecule has 0 aromatic heterocycles. The second kappa shape index (κ2) is 9.14. The van der Waals surface area contributed by atoms with Gasteiger partial charge in [0.05, 0.1) is 27.0 Å². The zero-order chi connectivity index (χ0) is 20.0. The summed E-state index contributed by atoms with van der Waals surface area (Å²) in [5.41, 5.74) is 1.72. The van der Waals surface area contributed by atoms with E-state index in [-0.39, 0.29) is 6.42 Å². The second-order valence-corrected chi connectivity index (χ2v) is 6.05. The Balaban J connectivity index is 2.02. The fraction of sp³-hybridized carbons (Fsp3) is 0.263.